The minimum absolute atomic E-state index is 0.189. The second-order valence-electron chi connectivity index (χ2n) is 5.91. The molecule has 0 aromatic carbocycles. The summed E-state index contributed by atoms with van der Waals surface area (Å²) in [5.41, 5.74) is 0. The van der Waals surface area contributed by atoms with Gasteiger partial charge >= 0.3 is 0 Å². The molecule has 2 aliphatic rings. The number of fused-ring (bicyclic) bond motifs is 1. The zero-order chi connectivity index (χ0) is 13.0. The lowest BCUT2D eigenvalue weighted by Crippen LogP contribution is -2.42. The summed E-state index contributed by atoms with van der Waals surface area (Å²) in [6, 6.07) is 0.935. The minimum atomic E-state index is 0.189. The Bertz CT molecular complexity index is 268. The molecule has 2 aliphatic heterocycles. The van der Waals surface area contributed by atoms with Gasteiger partial charge in [-0.15, -0.1) is 0 Å². The van der Waals surface area contributed by atoms with Crippen LogP contribution < -0.4 is 10.6 Å². The molecule has 2 fully saturated rings. The van der Waals surface area contributed by atoms with Gasteiger partial charge in [0.2, 0.25) is 5.91 Å². The fourth-order valence-corrected chi connectivity index (χ4v) is 3.29. The van der Waals surface area contributed by atoms with E-state index in [1.54, 1.807) is 0 Å². The maximum Gasteiger partial charge on any atom is 0.234 e. The molecule has 104 valence electrons. The van der Waals surface area contributed by atoms with Crippen molar-refractivity contribution in [3.8, 4) is 0 Å². The van der Waals surface area contributed by atoms with Gasteiger partial charge in [0, 0.05) is 25.2 Å². The summed E-state index contributed by atoms with van der Waals surface area (Å²) in [4.78, 5) is 14.2. The van der Waals surface area contributed by atoms with Crippen LogP contribution in [0.3, 0.4) is 0 Å². The fourth-order valence-electron chi connectivity index (χ4n) is 3.29. The molecule has 1 amide bonds. The molecule has 2 N–H and O–H groups in total. The lowest BCUT2D eigenvalue weighted by Gasteiger charge is -2.24. The van der Waals surface area contributed by atoms with Gasteiger partial charge in [-0.3, -0.25) is 9.69 Å². The highest BCUT2D eigenvalue weighted by atomic mass is 16.2. The van der Waals surface area contributed by atoms with Crippen molar-refractivity contribution < 1.29 is 4.79 Å². The second kappa shape index (κ2) is 6.53. The Morgan fingerprint density at radius 3 is 3.06 bits per heavy atom. The lowest BCUT2D eigenvalue weighted by molar-refractivity contribution is -0.122. The van der Waals surface area contributed by atoms with Crippen LogP contribution in [0.5, 0.6) is 0 Å². The van der Waals surface area contributed by atoms with Crippen molar-refractivity contribution in [2.75, 3.05) is 26.2 Å². The normalized spacial score (nSPS) is 29.9. The molecule has 2 rings (SSSR count). The summed E-state index contributed by atoms with van der Waals surface area (Å²) in [6.45, 7) is 8.09. The first-order valence-corrected chi connectivity index (χ1v) is 7.44. The van der Waals surface area contributed by atoms with Crippen molar-refractivity contribution in [2.45, 2.75) is 51.6 Å². The third kappa shape index (κ3) is 3.69. The van der Waals surface area contributed by atoms with Crippen molar-refractivity contribution in [3.05, 3.63) is 0 Å². The number of nitrogens with zero attached hydrogens (tertiary/aromatic N) is 1. The standard InChI is InChI=1S/C14H27N3O/c1-3-5-11(2)16-14(18)10-17-8-12-6-4-7-15-13(12)9-17/h11-13,15H,3-10H2,1-2H3,(H,16,18). The Balaban J connectivity index is 1.72. The molecule has 2 heterocycles. The number of carbonyl (C=O) groups is 1. The van der Waals surface area contributed by atoms with Crippen molar-refractivity contribution in [2.24, 2.45) is 5.92 Å². The summed E-state index contributed by atoms with van der Waals surface area (Å²) < 4.78 is 0. The number of rotatable bonds is 5. The smallest absolute Gasteiger partial charge is 0.234 e. The van der Waals surface area contributed by atoms with E-state index >= 15 is 0 Å². The van der Waals surface area contributed by atoms with E-state index in [1.165, 1.54) is 12.8 Å². The maximum absolute atomic E-state index is 11.9. The van der Waals surface area contributed by atoms with Crippen LogP contribution in [0.15, 0.2) is 0 Å². The minimum Gasteiger partial charge on any atom is -0.353 e. The highest BCUT2D eigenvalue weighted by molar-refractivity contribution is 5.78. The molecule has 4 nitrogen and oxygen atoms in total. The number of amides is 1. The zero-order valence-electron chi connectivity index (χ0n) is 11.7. The second-order valence-corrected chi connectivity index (χ2v) is 5.91. The number of nitrogens with one attached hydrogen (secondary N) is 2. The Morgan fingerprint density at radius 2 is 2.33 bits per heavy atom. The van der Waals surface area contributed by atoms with E-state index in [1.807, 2.05) is 0 Å². The number of hydrogen-bond donors (Lipinski definition) is 2. The van der Waals surface area contributed by atoms with Crippen molar-refractivity contribution in [1.29, 1.82) is 0 Å². The lowest BCUT2D eigenvalue weighted by atomic mass is 9.94. The van der Waals surface area contributed by atoms with Crippen LogP contribution in [0.4, 0.5) is 0 Å². The zero-order valence-corrected chi connectivity index (χ0v) is 11.7. The van der Waals surface area contributed by atoms with E-state index in [0.29, 0.717) is 18.6 Å². The van der Waals surface area contributed by atoms with Gasteiger partial charge in [0.25, 0.3) is 0 Å². The molecule has 0 aromatic heterocycles. The van der Waals surface area contributed by atoms with E-state index in [2.05, 4.69) is 29.4 Å². The van der Waals surface area contributed by atoms with Crippen LogP contribution in [0.2, 0.25) is 0 Å². The predicted octanol–water partition coefficient (Wildman–Crippen LogP) is 0.975. The Morgan fingerprint density at radius 1 is 1.50 bits per heavy atom. The largest absolute Gasteiger partial charge is 0.353 e. The number of likely N-dealkylation sites (tertiary alicyclic amines) is 1. The SMILES string of the molecule is CCCC(C)NC(=O)CN1CC2CCCNC2C1. The predicted molar refractivity (Wildman–Crippen MR) is 73.5 cm³/mol. The van der Waals surface area contributed by atoms with Crippen LogP contribution >= 0.6 is 0 Å². The van der Waals surface area contributed by atoms with Crippen molar-refractivity contribution in [1.82, 2.24) is 15.5 Å². The van der Waals surface area contributed by atoms with Crippen LogP contribution in [0.1, 0.15) is 39.5 Å². The molecule has 0 aromatic rings. The molecule has 2 saturated heterocycles. The highest BCUT2D eigenvalue weighted by Gasteiger charge is 2.34. The van der Waals surface area contributed by atoms with Crippen LogP contribution in [0, 0.1) is 5.92 Å². The first-order valence-electron chi connectivity index (χ1n) is 7.44. The van der Waals surface area contributed by atoms with Gasteiger partial charge < -0.3 is 10.6 Å². The molecule has 0 bridgehead atoms. The van der Waals surface area contributed by atoms with Crippen LogP contribution in [0.25, 0.3) is 0 Å². The fraction of sp³-hybridized carbons (Fsp3) is 0.929. The molecule has 0 radical (unpaired) electrons. The Labute approximate surface area is 110 Å². The van der Waals surface area contributed by atoms with Crippen molar-refractivity contribution >= 4 is 5.91 Å². The molecule has 4 heteroatoms. The van der Waals surface area contributed by atoms with Gasteiger partial charge in [-0.25, -0.2) is 0 Å². The van der Waals surface area contributed by atoms with Crippen molar-refractivity contribution in [3.63, 3.8) is 0 Å². The summed E-state index contributed by atoms with van der Waals surface area (Å²) in [5, 5.41) is 6.66. The summed E-state index contributed by atoms with van der Waals surface area (Å²) >= 11 is 0. The first-order chi connectivity index (χ1) is 8.69. The van der Waals surface area contributed by atoms with E-state index < -0.39 is 0 Å². The average Bonchev–Trinajstić information content (AvgIpc) is 2.70. The summed E-state index contributed by atoms with van der Waals surface area (Å²) in [7, 11) is 0. The third-order valence-electron chi connectivity index (χ3n) is 4.17. The summed E-state index contributed by atoms with van der Waals surface area (Å²) in [5.74, 6) is 0.953. The van der Waals surface area contributed by atoms with Crippen LogP contribution in [-0.4, -0.2) is 49.1 Å². The van der Waals surface area contributed by atoms with Gasteiger partial charge in [0.05, 0.1) is 6.54 Å². The third-order valence-corrected chi connectivity index (χ3v) is 4.17. The molecule has 3 atom stereocenters. The van der Waals surface area contributed by atoms with Gasteiger partial charge in [0.1, 0.15) is 0 Å². The first kappa shape index (κ1) is 13.8. The Hall–Kier alpha value is -0.610. The van der Waals surface area contributed by atoms with Gasteiger partial charge in [0.15, 0.2) is 0 Å². The highest BCUT2D eigenvalue weighted by Crippen LogP contribution is 2.24. The number of hydrogen-bond acceptors (Lipinski definition) is 3. The van der Waals surface area contributed by atoms with E-state index in [9.17, 15) is 4.79 Å². The monoisotopic (exact) mass is 253 g/mol. The quantitative estimate of drug-likeness (QED) is 0.767. The van der Waals surface area contributed by atoms with E-state index in [0.717, 1.165) is 38.4 Å². The van der Waals surface area contributed by atoms with Gasteiger partial charge in [-0.05, 0) is 38.6 Å². The molecule has 18 heavy (non-hydrogen) atoms. The Kier molecular flexibility index (Phi) is 5.01. The molecule has 0 aliphatic carbocycles. The van der Waals surface area contributed by atoms with Gasteiger partial charge in [-0.2, -0.15) is 0 Å². The summed E-state index contributed by atoms with van der Waals surface area (Å²) in [6.07, 6.45) is 4.80. The molecular formula is C14H27N3O. The maximum atomic E-state index is 11.9. The van der Waals surface area contributed by atoms with Gasteiger partial charge in [-0.1, -0.05) is 13.3 Å². The average molecular weight is 253 g/mol. The molecular weight excluding hydrogens is 226 g/mol. The molecule has 0 spiro atoms. The van der Waals surface area contributed by atoms with E-state index in [-0.39, 0.29) is 5.91 Å². The van der Waals surface area contributed by atoms with E-state index in [4.69, 9.17) is 0 Å². The molecule has 3 unspecified atom stereocenters. The number of piperidine rings is 1. The number of carbonyl (C=O) groups excluding carboxylic acids is 1. The topological polar surface area (TPSA) is 44.4 Å². The molecule has 0 saturated carbocycles. The van der Waals surface area contributed by atoms with Crippen LogP contribution in [-0.2, 0) is 4.79 Å².